The van der Waals surface area contributed by atoms with Crippen LogP contribution in [0.25, 0.3) is 5.57 Å². The molecule has 0 spiro atoms. The predicted molar refractivity (Wildman–Crippen MR) is 119 cm³/mol. The van der Waals surface area contributed by atoms with Gasteiger partial charge in [-0.3, -0.25) is 14.5 Å². The van der Waals surface area contributed by atoms with Gasteiger partial charge >= 0.3 is 0 Å². The molecule has 2 amide bonds. The van der Waals surface area contributed by atoms with Crippen molar-refractivity contribution in [2.75, 3.05) is 32.7 Å². The van der Waals surface area contributed by atoms with E-state index in [0.29, 0.717) is 35.8 Å². The second-order valence-electron chi connectivity index (χ2n) is 7.49. The van der Waals surface area contributed by atoms with Crippen molar-refractivity contribution in [3.8, 4) is 11.5 Å². The smallest absolute Gasteiger partial charge is 0.278 e. The number of nitrogens with one attached hydrogen (secondary N) is 1. The normalized spacial score (nSPS) is 13.9. The van der Waals surface area contributed by atoms with Crippen LogP contribution in [0, 0.1) is 5.82 Å². The Labute approximate surface area is 186 Å². The van der Waals surface area contributed by atoms with E-state index >= 15 is 0 Å². The first-order valence-corrected chi connectivity index (χ1v) is 10.3. The number of carbonyl (C=O) groups is 2. The molecular formula is C24H27FN2O5. The van der Waals surface area contributed by atoms with Crippen molar-refractivity contribution in [1.29, 1.82) is 0 Å². The molecule has 7 nitrogen and oxygen atoms in total. The van der Waals surface area contributed by atoms with Crippen molar-refractivity contribution in [2.45, 2.75) is 26.4 Å². The summed E-state index contributed by atoms with van der Waals surface area (Å²) in [6.07, 6.45) is 0.563. The Morgan fingerprint density at radius 1 is 1.00 bits per heavy atom. The summed E-state index contributed by atoms with van der Waals surface area (Å²) >= 11 is 0. The van der Waals surface area contributed by atoms with Crippen molar-refractivity contribution in [1.82, 2.24) is 4.90 Å². The van der Waals surface area contributed by atoms with Crippen LogP contribution in [-0.2, 0) is 14.3 Å². The molecule has 2 aromatic carbocycles. The summed E-state index contributed by atoms with van der Waals surface area (Å²) in [7, 11) is 3.00. The number of rotatable bonds is 10. The van der Waals surface area contributed by atoms with Crippen LogP contribution in [0.4, 0.5) is 10.1 Å². The number of imide groups is 1. The highest BCUT2D eigenvalue weighted by Crippen LogP contribution is 2.35. The lowest BCUT2D eigenvalue weighted by Gasteiger charge is -2.16. The molecule has 0 aromatic heterocycles. The molecule has 32 heavy (non-hydrogen) atoms. The van der Waals surface area contributed by atoms with Crippen molar-refractivity contribution in [3.63, 3.8) is 0 Å². The number of anilines is 1. The monoisotopic (exact) mass is 442 g/mol. The third-order valence-corrected chi connectivity index (χ3v) is 4.91. The molecule has 1 heterocycles. The highest BCUT2D eigenvalue weighted by atomic mass is 19.1. The Kier molecular flexibility index (Phi) is 7.48. The molecule has 0 radical (unpaired) electrons. The summed E-state index contributed by atoms with van der Waals surface area (Å²) in [4.78, 5) is 27.7. The number of methoxy groups -OCH3 is 2. The van der Waals surface area contributed by atoms with E-state index in [2.05, 4.69) is 5.32 Å². The zero-order valence-corrected chi connectivity index (χ0v) is 18.6. The number of benzene rings is 2. The van der Waals surface area contributed by atoms with Crippen LogP contribution < -0.4 is 14.8 Å². The fourth-order valence-electron chi connectivity index (χ4n) is 3.41. The number of hydrogen-bond acceptors (Lipinski definition) is 6. The number of hydrogen-bond donors (Lipinski definition) is 1. The standard InChI is InChI=1S/C24H27FN2O5/c1-15(2)32-12-6-11-27-23(28)21(16-9-10-19(30-3)20(13-16)31-4)22(24(27)29)26-18-8-5-7-17(25)14-18/h5,7-10,13-15,26H,6,11-12H2,1-4H3. The van der Waals surface area contributed by atoms with Gasteiger partial charge in [-0.2, -0.15) is 0 Å². The van der Waals surface area contributed by atoms with Crippen LogP contribution in [-0.4, -0.2) is 50.2 Å². The second-order valence-corrected chi connectivity index (χ2v) is 7.49. The fourth-order valence-corrected chi connectivity index (χ4v) is 3.41. The van der Waals surface area contributed by atoms with Crippen molar-refractivity contribution < 1.29 is 28.2 Å². The van der Waals surface area contributed by atoms with E-state index in [1.54, 1.807) is 24.3 Å². The Morgan fingerprint density at radius 3 is 2.41 bits per heavy atom. The summed E-state index contributed by atoms with van der Waals surface area (Å²) in [5.41, 5.74) is 1.12. The number of ether oxygens (including phenoxy) is 3. The molecule has 0 fully saturated rings. The largest absolute Gasteiger partial charge is 0.493 e. The van der Waals surface area contributed by atoms with Gasteiger partial charge in [-0.1, -0.05) is 12.1 Å². The quantitative estimate of drug-likeness (QED) is 0.445. The third kappa shape index (κ3) is 5.08. The Bertz CT molecular complexity index is 1030. The van der Waals surface area contributed by atoms with Gasteiger partial charge in [-0.25, -0.2) is 4.39 Å². The van der Waals surface area contributed by atoms with E-state index in [1.807, 2.05) is 13.8 Å². The first-order valence-electron chi connectivity index (χ1n) is 10.3. The minimum atomic E-state index is -0.478. The molecule has 0 aliphatic carbocycles. The maximum atomic E-state index is 13.7. The van der Waals surface area contributed by atoms with Gasteiger partial charge in [-0.15, -0.1) is 0 Å². The zero-order valence-electron chi connectivity index (χ0n) is 18.6. The van der Waals surface area contributed by atoms with Gasteiger partial charge in [0.05, 0.1) is 25.9 Å². The summed E-state index contributed by atoms with van der Waals surface area (Å²) in [5, 5.41) is 2.94. The average molecular weight is 442 g/mol. The second kappa shape index (κ2) is 10.3. The minimum Gasteiger partial charge on any atom is -0.493 e. The van der Waals surface area contributed by atoms with Gasteiger partial charge in [0.25, 0.3) is 11.8 Å². The minimum absolute atomic E-state index is 0.0608. The highest BCUT2D eigenvalue weighted by molar-refractivity contribution is 6.36. The number of nitrogens with zero attached hydrogens (tertiary/aromatic N) is 1. The summed E-state index contributed by atoms with van der Waals surface area (Å²) in [6.45, 7) is 4.47. The maximum absolute atomic E-state index is 13.7. The molecule has 1 aliphatic heterocycles. The van der Waals surface area contributed by atoms with E-state index < -0.39 is 17.6 Å². The van der Waals surface area contributed by atoms with Crippen molar-refractivity contribution >= 4 is 23.1 Å². The lowest BCUT2D eigenvalue weighted by molar-refractivity contribution is -0.137. The lowest BCUT2D eigenvalue weighted by atomic mass is 10.0. The van der Waals surface area contributed by atoms with Gasteiger partial charge in [0, 0.05) is 18.8 Å². The van der Waals surface area contributed by atoms with Gasteiger partial charge < -0.3 is 19.5 Å². The Hall–Kier alpha value is -3.39. The van der Waals surface area contributed by atoms with E-state index in [4.69, 9.17) is 14.2 Å². The van der Waals surface area contributed by atoms with E-state index in [9.17, 15) is 14.0 Å². The van der Waals surface area contributed by atoms with Crippen LogP contribution in [0.1, 0.15) is 25.8 Å². The summed E-state index contributed by atoms with van der Waals surface area (Å²) < 4.78 is 29.8. The van der Waals surface area contributed by atoms with Gasteiger partial charge in [0.2, 0.25) is 0 Å². The van der Waals surface area contributed by atoms with Crippen LogP contribution in [0.3, 0.4) is 0 Å². The van der Waals surface area contributed by atoms with E-state index in [0.717, 1.165) is 0 Å². The van der Waals surface area contributed by atoms with Crippen molar-refractivity contribution in [3.05, 3.63) is 59.5 Å². The van der Waals surface area contributed by atoms with Crippen LogP contribution >= 0.6 is 0 Å². The molecule has 8 heteroatoms. The van der Waals surface area contributed by atoms with E-state index in [1.165, 1.54) is 37.3 Å². The molecule has 0 atom stereocenters. The van der Waals surface area contributed by atoms with E-state index in [-0.39, 0.29) is 23.9 Å². The van der Waals surface area contributed by atoms with Crippen LogP contribution in [0.15, 0.2) is 48.2 Å². The first-order chi connectivity index (χ1) is 15.3. The van der Waals surface area contributed by atoms with Crippen molar-refractivity contribution in [2.24, 2.45) is 0 Å². The molecule has 170 valence electrons. The average Bonchev–Trinajstić information content (AvgIpc) is 3.00. The van der Waals surface area contributed by atoms with Crippen LogP contribution in [0.2, 0.25) is 0 Å². The Balaban J connectivity index is 1.97. The zero-order chi connectivity index (χ0) is 23.3. The molecule has 1 aliphatic rings. The fraction of sp³-hybridized carbons (Fsp3) is 0.333. The van der Waals surface area contributed by atoms with Gasteiger partial charge in [-0.05, 0) is 56.2 Å². The first kappa shape index (κ1) is 23.3. The number of amides is 2. The topological polar surface area (TPSA) is 77.1 Å². The predicted octanol–water partition coefficient (Wildman–Crippen LogP) is 3.85. The summed E-state index contributed by atoms with van der Waals surface area (Å²) in [5.74, 6) is -0.454. The highest BCUT2D eigenvalue weighted by Gasteiger charge is 2.39. The summed E-state index contributed by atoms with van der Waals surface area (Å²) in [6, 6.07) is 10.7. The maximum Gasteiger partial charge on any atom is 0.278 e. The third-order valence-electron chi connectivity index (χ3n) is 4.91. The molecule has 0 unspecified atom stereocenters. The molecule has 0 bridgehead atoms. The van der Waals surface area contributed by atoms with Crippen LogP contribution in [0.5, 0.6) is 11.5 Å². The number of halogens is 1. The lowest BCUT2D eigenvalue weighted by Crippen LogP contribution is -2.34. The van der Waals surface area contributed by atoms with Gasteiger partial charge in [0.15, 0.2) is 11.5 Å². The Morgan fingerprint density at radius 2 is 1.75 bits per heavy atom. The molecule has 0 saturated heterocycles. The number of carbonyl (C=O) groups excluding carboxylic acids is 2. The molecule has 2 aromatic rings. The molecular weight excluding hydrogens is 415 g/mol. The van der Waals surface area contributed by atoms with Gasteiger partial charge in [0.1, 0.15) is 11.5 Å². The molecule has 0 saturated carbocycles. The molecule has 3 rings (SSSR count). The SMILES string of the molecule is COc1ccc(C2=C(Nc3cccc(F)c3)C(=O)N(CCCOC(C)C)C2=O)cc1OC. The molecule has 1 N–H and O–H groups in total.